The fourth-order valence-electron chi connectivity index (χ4n) is 1.74. The molecule has 0 saturated carbocycles. The summed E-state index contributed by atoms with van der Waals surface area (Å²) in [5, 5.41) is 0. The number of nitrogens with zero attached hydrogens (tertiary/aromatic N) is 2. The molecule has 0 saturated heterocycles. The first-order valence-corrected chi connectivity index (χ1v) is 5.87. The van der Waals surface area contributed by atoms with Crippen LogP contribution in [0.3, 0.4) is 0 Å². The molecular weight excluding hydrogens is 184 g/mol. The standard InChI is InChI=1S/C13H22N2/c1-5-15(6-2)13-8-7-12(10-14-13)9-11(3)4/h7-8,10-11H,5-6,9H2,1-4H3. The van der Waals surface area contributed by atoms with Gasteiger partial charge in [0.15, 0.2) is 0 Å². The van der Waals surface area contributed by atoms with Crippen LogP contribution in [0.4, 0.5) is 5.82 Å². The van der Waals surface area contributed by atoms with Gasteiger partial charge in [0.1, 0.15) is 5.82 Å². The minimum absolute atomic E-state index is 0.700. The minimum Gasteiger partial charge on any atom is -0.357 e. The van der Waals surface area contributed by atoms with E-state index in [-0.39, 0.29) is 0 Å². The number of hydrogen-bond donors (Lipinski definition) is 0. The average Bonchev–Trinajstić information content (AvgIpc) is 2.21. The van der Waals surface area contributed by atoms with Crippen molar-refractivity contribution in [2.24, 2.45) is 5.92 Å². The van der Waals surface area contributed by atoms with Gasteiger partial charge in [-0.25, -0.2) is 4.98 Å². The van der Waals surface area contributed by atoms with Gasteiger partial charge < -0.3 is 4.90 Å². The Morgan fingerprint density at radius 2 is 1.87 bits per heavy atom. The van der Waals surface area contributed by atoms with Gasteiger partial charge >= 0.3 is 0 Å². The van der Waals surface area contributed by atoms with Gasteiger partial charge in [0, 0.05) is 19.3 Å². The molecule has 15 heavy (non-hydrogen) atoms. The Morgan fingerprint density at radius 3 is 2.27 bits per heavy atom. The van der Waals surface area contributed by atoms with Crippen molar-refractivity contribution in [3.05, 3.63) is 23.9 Å². The van der Waals surface area contributed by atoms with Crippen molar-refractivity contribution in [3.63, 3.8) is 0 Å². The second kappa shape index (κ2) is 5.74. The molecular formula is C13H22N2. The van der Waals surface area contributed by atoms with Crippen LogP contribution in [0.5, 0.6) is 0 Å². The summed E-state index contributed by atoms with van der Waals surface area (Å²) in [7, 11) is 0. The smallest absolute Gasteiger partial charge is 0.128 e. The highest BCUT2D eigenvalue weighted by Gasteiger charge is 2.03. The van der Waals surface area contributed by atoms with Crippen LogP contribution in [0.25, 0.3) is 0 Å². The van der Waals surface area contributed by atoms with E-state index < -0.39 is 0 Å². The molecule has 2 heteroatoms. The second-order valence-corrected chi connectivity index (χ2v) is 4.29. The summed E-state index contributed by atoms with van der Waals surface area (Å²) in [5.74, 6) is 1.79. The van der Waals surface area contributed by atoms with Crippen LogP contribution >= 0.6 is 0 Å². The summed E-state index contributed by atoms with van der Waals surface area (Å²) >= 11 is 0. The summed E-state index contributed by atoms with van der Waals surface area (Å²) in [4.78, 5) is 6.76. The van der Waals surface area contributed by atoms with Gasteiger partial charge in [-0.15, -0.1) is 0 Å². The molecule has 0 amide bonds. The summed E-state index contributed by atoms with van der Waals surface area (Å²) < 4.78 is 0. The van der Waals surface area contributed by atoms with Crippen molar-refractivity contribution in [3.8, 4) is 0 Å². The van der Waals surface area contributed by atoms with E-state index in [0.29, 0.717) is 5.92 Å². The van der Waals surface area contributed by atoms with E-state index in [1.165, 1.54) is 5.56 Å². The van der Waals surface area contributed by atoms with Gasteiger partial charge in [-0.3, -0.25) is 0 Å². The number of anilines is 1. The summed E-state index contributed by atoms with van der Waals surface area (Å²) in [5.41, 5.74) is 1.33. The number of aromatic nitrogens is 1. The fourth-order valence-corrected chi connectivity index (χ4v) is 1.74. The predicted molar refractivity (Wildman–Crippen MR) is 66.3 cm³/mol. The fraction of sp³-hybridized carbons (Fsp3) is 0.615. The lowest BCUT2D eigenvalue weighted by atomic mass is 10.1. The Bertz CT molecular complexity index is 273. The molecule has 1 rings (SSSR count). The van der Waals surface area contributed by atoms with E-state index >= 15 is 0 Å². The molecule has 0 N–H and O–H groups in total. The van der Waals surface area contributed by atoms with Crippen LogP contribution in [0.1, 0.15) is 33.3 Å². The molecule has 0 atom stereocenters. The first-order valence-electron chi connectivity index (χ1n) is 5.87. The lowest BCUT2D eigenvalue weighted by molar-refractivity contribution is 0.645. The Labute approximate surface area is 93.3 Å². The molecule has 0 aliphatic carbocycles. The zero-order valence-corrected chi connectivity index (χ0v) is 10.3. The molecule has 0 spiro atoms. The molecule has 0 bridgehead atoms. The predicted octanol–water partition coefficient (Wildman–Crippen LogP) is 3.13. The molecule has 1 aromatic rings. The summed E-state index contributed by atoms with van der Waals surface area (Å²) in [6.07, 6.45) is 3.12. The van der Waals surface area contributed by atoms with Crippen molar-refractivity contribution < 1.29 is 0 Å². The molecule has 0 aliphatic rings. The van der Waals surface area contributed by atoms with E-state index in [4.69, 9.17) is 0 Å². The Morgan fingerprint density at radius 1 is 1.20 bits per heavy atom. The molecule has 1 aromatic heterocycles. The van der Waals surface area contributed by atoms with E-state index in [0.717, 1.165) is 25.3 Å². The third-order valence-electron chi connectivity index (χ3n) is 2.54. The van der Waals surface area contributed by atoms with Crippen LogP contribution in [0.15, 0.2) is 18.3 Å². The minimum atomic E-state index is 0.700. The topological polar surface area (TPSA) is 16.1 Å². The Hall–Kier alpha value is -1.05. The zero-order valence-electron chi connectivity index (χ0n) is 10.3. The maximum absolute atomic E-state index is 4.50. The van der Waals surface area contributed by atoms with Gasteiger partial charge in [0.2, 0.25) is 0 Å². The molecule has 0 unspecified atom stereocenters. The highest BCUT2D eigenvalue weighted by atomic mass is 15.2. The van der Waals surface area contributed by atoms with Crippen LogP contribution in [0, 0.1) is 5.92 Å². The SMILES string of the molecule is CCN(CC)c1ccc(CC(C)C)cn1. The van der Waals surface area contributed by atoms with Crippen LogP contribution < -0.4 is 4.90 Å². The van der Waals surface area contributed by atoms with E-state index in [2.05, 4.69) is 49.7 Å². The van der Waals surface area contributed by atoms with Crippen molar-refractivity contribution in [1.29, 1.82) is 0 Å². The third kappa shape index (κ3) is 3.54. The quantitative estimate of drug-likeness (QED) is 0.736. The van der Waals surface area contributed by atoms with Crippen molar-refractivity contribution in [1.82, 2.24) is 4.98 Å². The first kappa shape index (κ1) is 12.0. The lowest BCUT2D eigenvalue weighted by Crippen LogP contribution is -2.22. The summed E-state index contributed by atoms with van der Waals surface area (Å²) in [6.45, 7) is 10.8. The molecule has 0 radical (unpaired) electrons. The van der Waals surface area contributed by atoms with Crippen molar-refractivity contribution >= 4 is 5.82 Å². The van der Waals surface area contributed by atoms with Crippen LogP contribution in [-0.2, 0) is 6.42 Å². The van der Waals surface area contributed by atoms with E-state index in [1.54, 1.807) is 0 Å². The lowest BCUT2D eigenvalue weighted by Gasteiger charge is -2.19. The molecule has 0 aliphatic heterocycles. The highest BCUT2D eigenvalue weighted by Crippen LogP contribution is 2.13. The van der Waals surface area contributed by atoms with Crippen molar-refractivity contribution in [2.75, 3.05) is 18.0 Å². The number of hydrogen-bond acceptors (Lipinski definition) is 2. The van der Waals surface area contributed by atoms with Crippen LogP contribution in [0.2, 0.25) is 0 Å². The van der Waals surface area contributed by atoms with Gasteiger partial charge in [0.25, 0.3) is 0 Å². The van der Waals surface area contributed by atoms with Crippen LogP contribution in [-0.4, -0.2) is 18.1 Å². The van der Waals surface area contributed by atoms with E-state index in [1.807, 2.05) is 6.20 Å². The van der Waals surface area contributed by atoms with Gasteiger partial charge in [-0.2, -0.15) is 0 Å². The van der Waals surface area contributed by atoms with Gasteiger partial charge in [-0.1, -0.05) is 19.9 Å². The molecule has 2 nitrogen and oxygen atoms in total. The van der Waals surface area contributed by atoms with Gasteiger partial charge in [-0.05, 0) is 37.8 Å². The zero-order chi connectivity index (χ0) is 11.3. The molecule has 0 aromatic carbocycles. The molecule has 84 valence electrons. The number of pyridine rings is 1. The largest absolute Gasteiger partial charge is 0.357 e. The highest BCUT2D eigenvalue weighted by molar-refractivity contribution is 5.38. The second-order valence-electron chi connectivity index (χ2n) is 4.29. The maximum Gasteiger partial charge on any atom is 0.128 e. The first-order chi connectivity index (χ1) is 7.17. The monoisotopic (exact) mass is 206 g/mol. The number of rotatable bonds is 5. The maximum atomic E-state index is 4.50. The summed E-state index contributed by atoms with van der Waals surface area (Å²) in [6, 6.07) is 4.32. The van der Waals surface area contributed by atoms with Crippen molar-refractivity contribution in [2.45, 2.75) is 34.1 Å². The normalized spacial score (nSPS) is 10.7. The van der Waals surface area contributed by atoms with E-state index in [9.17, 15) is 0 Å². The Balaban J connectivity index is 2.71. The van der Waals surface area contributed by atoms with Gasteiger partial charge in [0.05, 0.1) is 0 Å². The molecule has 1 heterocycles. The average molecular weight is 206 g/mol. The molecule has 0 fully saturated rings. The third-order valence-corrected chi connectivity index (χ3v) is 2.54. The Kier molecular flexibility index (Phi) is 4.60.